The minimum Gasteiger partial charge on any atom is -0.310 e. The number of aromatic nitrogens is 2. The van der Waals surface area contributed by atoms with Crippen LogP contribution >= 0.6 is 23.5 Å². The molecule has 0 radical (unpaired) electrons. The van der Waals surface area contributed by atoms with Crippen LogP contribution < -0.4 is 5.32 Å². The molecule has 0 bridgehead atoms. The molecule has 1 atom stereocenters. The molecule has 3 rings (SSSR count). The Kier molecular flexibility index (Phi) is 3.52. The van der Waals surface area contributed by atoms with E-state index in [0.717, 1.165) is 5.56 Å². The van der Waals surface area contributed by atoms with Crippen molar-refractivity contribution in [2.24, 2.45) is 0 Å². The fourth-order valence-electron chi connectivity index (χ4n) is 2.07. The zero-order valence-electron chi connectivity index (χ0n) is 10.3. The number of rotatable bonds is 2. The molecule has 19 heavy (non-hydrogen) atoms. The molecule has 0 saturated carbocycles. The third kappa shape index (κ3) is 2.50. The second-order valence-electron chi connectivity index (χ2n) is 4.21. The van der Waals surface area contributed by atoms with Gasteiger partial charge in [0.15, 0.2) is 0 Å². The van der Waals surface area contributed by atoms with E-state index in [9.17, 15) is 4.79 Å². The number of benzene rings is 1. The smallest absolute Gasteiger partial charge is 0.235 e. The van der Waals surface area contributed by atoms with Gasteiger partial charge in [0.2, 0.25) is 5.91 Å². The summed E-state index contributed by atoms with van der Waals surface area (Å²) in [5.41, 5.74) is 2.23. The Morgan fingerprint density at radius 2 is 2.16 bits per heavy atom. The first kappa shape index (κ1) is 12.6. The van der Waals surface area contributed by atoms with Crippen LogP contribution in [0.4, 0.5) is 5.82 Å². The molecule has 2 N–H and O–H groups in total. The molecule has 0 spiro atoms. The number of hydrogen-bond acceptors (Lipinski definition) is 4. The van der Waals surface area contributed by atoms with Crippen LogP contribution in [0.25, 0.3) is 0 Å². The lowest BCUT2D eigenvalue weighted by molar-refractivity contribution is -0.113. The van der Waals surface area contributed by atoms with E-state index in [0.29, 0.717) is 11.6 Å². The summed E-state index contributed by atoms with van der Waals surface area (Å²) in [4.78, 5) is 12.9. The number of nitrogens with zero attached hydrogens (tertiary/aromatic N) is 1. The van der Waals surface area contributed by atoms with Crippen molar-refractivity contribution >= 4 is 35.2 Å². The number of H-pyrrole nitrogens is 1. The molecule has 0 fully saturated rings. The number of fused-ring (bicyclic) bond motifs is 1. The molecule has 6 heteroatoms. The second-order valence-corrected chi connectivity index (χ2v) is 6.19. The molecule has 2 aromatic rings. The number of amides is 1. The molecular formula is C13H13N3OS2. The standard InChI is InChI=1S/C13H13N3OS2/c1-18-9-4-2-8(3-5-9)12-10-6-14-16-13(10)15-11(17)7-19-12/h2-6,12H,7H2,1H3,(H2,14,15,16,17)/t12-/m0/s1. The molecule has 4 nitrogen and oxygen atoms in total. The Morgan fingerprint density at radius 1 is 1.37 bits per heavy atom. The third-order valence-corrected chi connectivity index (χ3v) is 5.05. The SMILES string of the molecule is CSc1ccc([C@@H]2SCC(=O)Nc3[nH]ncc32)cc1. The van der Waals surface area contributed by atoms with E-state index < -0.39 is 0 Å². The highest BCUT2D eigenvalue weighted by molar-refractivity contribution is 8.00. The van der Waals surface area contributed by atoms with Crippen molar-refractivity contribution in [2.75, 3.05) is 17.3 Å². The lowest BCUT2D eigenvalue weighted by atomic mass is 10.1. The number of thioether (sulfide) groups is 2. The first-order chi connectivity index (χ1) is 9.28. The molecule has 98 valence electrons. The fraction of sp³-hybridized carbons (Fsp3) is 0.231. The van der Waals surface area contributed by atoms with E-state index in [1.54, 1.807) is 29.7 Å². The average Bonchev–Trinajstić information content (AvgIpc) is 2.82. The topological polar surface area (TPSA) is 57.8 Å². The van der Waals surface area contributed by atoms with Gasteiger partial charge in [0.1, 0.15) is 5.82 Å². The van der Waals surface area contributed by atoms with Crippen molar-refractivity contribution < 1.29 is 4.79 Å². The summed E-state index contributed by atoms with van der Waals surface area (Å²) in [6.07, 6.45) is 3.85. The van der Waals surface area contributed by atoms with Gasteiger partial charge in [-0.05, 0) is 24.0 Å². The van der Waals surface area contributed by atoms with Gasteiger partial charge in [0.05, 0.1) is 17.2 Å². The minimum atomic E-state index is 0.0127. The second kappa shape index (κ2) is 5.30. The van der Waals surface area contributed by atoms with Crippen LogP contribution in [-0.2, 0) is 4.79 Å². The zero-order chi connectivity index (χ0) is 13.2. The van der Waals surface area contributed by atoms with E-state index in [1.807, 2.05) is 0 Å². The van der Waals surface area contributed by atoms with Crippen LogP contribution in [0, 0.1) is 0 Å². The van der Waals surface area contributed by atoms with Crippen LogP contribution in [0.15, 0.2) is 35.4 Å². The third-order valence-electron chi connectivity index (χ3n) is 3.02. The lowest BCUT2D eigenvalue weighted by Crippen LogP contribution is -2.12. The van der Waals surface area contributed by atoms with Crippen molar-refractivity contribution in [3.05, 3.63) is 41.6 Å². The predicted molar refractivity (Wildman–Crippen MR) is 79.7 cm³/mol. The predicted octanol–water partition coefficient (Wildman–Crippen LogP) is 2.91. The molecule has 0 aliphatic carbocycles. The fourth-order valence-corrected chi connectivity index (χ4v) is 3.58. The summed E-state index contributed by atoms with van der Waals surface area (Å²) in [5.74, 6) is 1.19. The Balaban J connectivity index is 1.98. The Hall–Kier alpha value is -1.40. The molecule has 0 unspecified atom stereocenters. The van der Waals surface area contributed by atoms with Gasteiger partial charge in [0, 0.05) is 10.5 Å². The quantitative estimate of drug-likeness (QED) is 0.835. The van der Waals surface area contributed by atoms with Crippen molar-refractivity contribution in [2.45, 2.75) is 10.1 Å². The van der Waals surface area contributed by atoms with Gasteiger partial charge in [-0.15, -0.1) is 23.5 Å². The van der Waals surface area contributed by atoms with Crippen molar-refractivity contribution in [1.82, 2.24) is 10.2 Å². The maximum absolute atomic E-state index is 11.6. The van der Waals surface area contributed by atoms with Crippen LogP contribution in [0.3, 0.4) is 0 Å². The van der Waals surface area contributed by atoms with E-state index in [-0.39, 0.29) is 11.2 Å². The number of hydrogen-bond donors (Lipinski definition) is 2. The summed E-state index contributed by atoms with van der Waals surface area (Å²) in [6.45, 7) is 0. The van der Waals surface area contributed by atoms with E-state index >= 15 is 0 Å². The van der Waals surface area contributed by atoms with E-state index in [1.165, 1.54) is 10.5 Å². The zero-order valence-corrected chi connectivity index (χ0v) is 12.0. The average molecular weight is 291 g/mol. The highest BCUT2D eigenvalue weighted by atomic mass is 32.2. The maximum atomic E-state index is 11.6. The molecule has 1 aliphatic heterocycles. The van der Waals surface area contributed by atoms with E-state index in [2.05, 4.69) is 46.0 Å². The summed E-state index contributed by atoms with van der Waals surface area (Å²) in [5, 5.41) is 9.87. The Labute approximate surface area is 119 Å². The normalized spacial score (nSPS) is 18.6. The summed E-state index contributed by atoms with van der Waals surface area (Å²) < 4.78 is 0. The highest BCUT2D eigenvalue weighted by Crippen LogP contribution is 2.40. The first-order valence-corrected chi connectivity index (χ1v) is 8.14. The monoisotopic (exact) mass is 291 g/mol. The number of aromatic amines is 1. The molecular weight excluding hydrogens is 278 g/mol. The summed E-state index contributed by atoms with van der Waals surface area (Å²) in [7, 11) is 0. The maximum Gasteiger partial charge on any atom is 0.235 e. The van der Waals surface area contributed by atoms with Crippen molar-refractivity contribution in [3.8, 4) is 0 Å². The molecule has 1 aliphatic rings. The number of nitrogens with one attached hydrogen (secondary N) is 2. The van der Waals surface area contributed by atoms with Gasteiger partial charge < -0.3 is 5.32 Å². The first-order valence-electron chi connectivity index (χ1n) is 5.86. The van der Waals surface area contributed by atoms with Crippen molar-refractivity contribution in [3.63, 3.8) is 0 Å². The Morgan fingerprint density at radius 3 is 2.89 bits per heavy atom. The van der Waals surface area contributed by atoms with Gasteiger partial charge in [-0.3, -0.25) is 9.89 Å². The highest BCUT2D eigenvalue weighted by Gasteiger charge is 2.25. The van der Waals surface area contributed by atoms with Crippen LogP contribution in [0.1, 0.15) is 16.4 Å². The summed E-state index contributed by atoms with van der Waals surface area (Å²) in [6, 6.07) is 8.47. The van der Waals surface area contributed by atoms with Gasteiger partial charge in [0.25, 0.3) is 0 Å². The van der Waals surface area contributed by atoms with Gasteiger partial charge in [-0.1, -0.05) is 12.1 Å². The van der Waals surface area contributed by atoms with E-state index in [4.69, 9.17) is 0 Å². The largest absolute Gasteiger partial charge is 0.310 e. The summed E-state index contributed by atoms with van der Waals surface area (Å²) >= 11 is 3.35. The molecule has 1 amide bonds. The molecule has 0 saturated heterocycles. The van der Waals surface area contributed by atoms with Crippen LogP contribution in [0.5, 0.6) is 0 Å². The number of carbonyl (C=O) groups is 1. The molecule has 1 aromatic carbocycles. The number of carbonyl (C=O) groups excluding carboxylic acids is 1. The van der Waals surface area contributed by atoms with Crippen molar-refractivity contribution in [1.29, 1.82) is 0 Å². The molecule has 2 heterocycles. The minimum absolute atomic E-state index is 0.0127. The number of anilines is 1. The van der Waals surface area contributed by atoms with Crippen LogP contribution in [-0.4, -0.2) is 28.1 Å². The van der Waals surface area contributed by atoms with Crippen LogP contribution in [0.2, 0.25) is 0 Å². The van der Waals surface area contributed by atoms with Gasteiger partial charge in [-0.25, -0.2) is 0 Å². The molecule has 1 aromatic heterocycles. The van der Waals surface area contributed by atoms with Gasteiger partial charge in [-0.2, -0.15) is 5.10 Å². The Bertz CT molecular complexity index is 594. The lowest BCUT2D eigenvalue weighted by Gasteiger charge is -2.13. The van der Waals surface area contributed by atoms with Gasteiger partial charge >= 0.3 is 0 Å².